The van der Waals surface area contributed by atoms with Crippen LogP contribution in [-0.2, 0) is 0 Å². The largest absolute Gasteiger partial charge is 0.259 e. The van der Waals surface area contributed by atoms with E-state index in [2.05, 4.69) is 12.1 Å². The fourth-order valence-corrected chi connectivity index (χ4v) is 2.85. The molecule has 0 aliphatic heterocycles. The molecule has 3 nitrogen and oxygen atoms in total. The first-order valence-corrected chi connectivity index (χ1v) is 7.46. The first-order valence-electron chi connectivity index (χ1n) is 7.46. The maximum absolute atomic E-state index is 11.2. The third kappa shape index (κ3) is 2.58. The number of hydrogen-bond acceptors (Lipinski definition) is 2. The lowest BCUT2D eigenvalue weighted by molar-refractivity contribution is -0.426. The molecule has 3 heteroatoms. The lowest BCUT2D eigenvalue weighted by atomic mass is 9.96. The first kappa shape index (κ1) is 14.3. The molecular weight excluding hydrogens is 274 g/mol. The SMILES string of the molecule is CCC/C(=C\c1cc2ccccc2c2ccccc12)[N+](=O)[O-]. The van der Waals surface area contributed by atoms with Crippen molar-refractivity contribution in [1.82, 2.24) is 0 Å². The van der Waals surface area contributed by atoms with Crippen LogP contribution < -0.4 is 0 Å². The summed E-state index contributed by atoms with van der Waals surface area (Å²) in [5.74, 6) is 0. The predicted octanol–water partition coefficient (Wildman–Crippen LogP) is 5.41. The Morgan fingerprint density at radius 2 is 1.68 bits per heavy atom. The van der Waals surface area contributed by atoms with E-state index in [0.29, 0.717) is 6.42 Å². The Morgan fingerprint density at radius 1 is 1.05 bits per heavy atom. The van der Waals surface area contributed by atoms with E-state index in [0.717, 1.165) is 28.1 Å². The number of hydrogen-bond donors (Lipinski definition) is 0. The number of allylic oxidation sites excluding steroid dienone is 1. The molecule has 3 aromatic rings. The number of nitro groups is 1. The number of nitrogens with zero attached hydrogens (tertiary/aromatic N) is 1. The van der Waals surface area contributed by atoms with Gasteiger partial charge < -0.3 is 0 Å². The summed E-state index contributed by atoms with van der Waals surface area (Å²) in [6, 6.07) is 18.3. The molecule has 110 valence electrons. The maximum atomic E-state index is 11.2. The molecule has 0 saturated heterocycles. The molecule has 0 amide bonds. The van der Waals surface area contributed by atoms with Crippen LogP contribution in [0.3, 0.4) is 0 Å². The standard InChI is InChI=1S/C19H17NO2/c1-2-7-16(20(21)22)13-15-12-14-8-3-4-9-17(14)19-11-6-5-10-18(15)19/h3-6,8-13H,2,7H2,1H3/b16-13+. The minimum atomic E-state index is -0.270. The molecule has 3 aromatic carbocycles. The van der Waals surface area contributed by atoms with Crippen molar-refractivity contribution in [3.8, 4) is 0 Å². The average Bonchev–Trinajstić information content (AvgIpc) is 2.54. The summed E-state index contributed by atoms with van der Waals surface area (Å²) in [5.41, 5.74) is 1.18. The van der Waals surface area contributed by atoms with Crippen molar-refractivity contribution in [2.24, 2.45) is 0 Å². The van der Waals surface area contributed by atoms with Crippen molar-refractivity contribution >= 4 is 27.6 Å². The molecule has 0 atom stereocenters. The molecule has 0 radical (unpaired) electrons. The van der Waals surface area contributed by atoms with Gasteiger partial charge in [0.05, 0.1) is 4.92 Å². The van der Waals surface area contributed by atoms with Crippen LogP contribution in [0.25, 0.3) is 27.6 Å². The van der Waals surface area contributed by atoms with Crippen molar-refractivity contribution in [1.29, 1.82) is 0 Å². The maximum Gasteiger partial charge on any atom is 0.246 e. The minimum Gasteiger partial charge on any atom is -0.259 e. The van der Waals surface area contributed by atoms with Gasteiger partial charge in [-0.25, -0.2) is 0 Å². The summed E-state index contributed by atoms with van der Waals surface area (Å²) >= 11 is 0. The van der Waals surface area contributed by atoms with Gasteiger partial charge >= 0.3 is 0 Å². The Bertz CT molecular complexity index is 881. The third-order valence-corrected chi connectivity index (χ3v) is 3.86. The summed E-state index contributed by atoms with van der Waals surface area (Å²) in [6.45, 7) is 1.95. The normalized spacial score (nSPS) is 12.0. The summed E-state index contributed by atoms with van der Waals surface area (Å²) < 4.78 is 0. The zero-order chi connectivity index (χ0) is 15.5. The van der Waals surface area contributed by atoms with E-state index in [1.165, 1.54) is 5.39 Å². The fourth-order valence-electron chi connectivity index (χ4n) is 2.85. The second kappa shape index (κ2) is 5.98. The van der Waals surface area contributed by atoms with Gasteiger partial charge in [0, 0.05) is 12.5 Å². The highest BCUT2D eigenvalue weighted by atomic mass is 16.6. The van der Waals surface area contributed by atoms with Crippen LogP contribution in [0.2, 0.25) is 0 Å². The molecule has 0 unspecified atom stereocenters. The van der Waals surface area contributed by atoms with Crippen molar-refractivity contribution in [3.63, 3.8) is 0 Å². The molecule has 0 N–H and O–H groups in total. The van der Waals surface area contributed by atoms with Gasteiger partial charge in [-0.2, -0.15) is 0 Å². The lowest BCUT2D eigenvalue weighted by Gasteiger charge is -2.08. The van der Waals surface area contributed by atoms with E-state index in [9.17, 15) is 10.1 Å². The van der Waals surface area contributed by atoms with Gasteiger partial charge in [-0.15, -0.1) is 0 Å². The van der Waals surface area contributed by atoms with Gasteiger partial charge in [0.1, 0.15) is 0 Å². The summed E-state index contributed by atoms with van der Waals surface area (Å²) in [6.07, 6.45) is 2.96. The lowest BCUT2D eigenvalue weighted by Crippen LogP contribution is -1.98. The topological polar surface area (TPSA) is 43.1 Å². The summed E-state index contributed by atoms with van der Waals surface area (Å²) in [4.78, 5) is 11.0. The molecule has 0 aliphatic rings. The van der Waals surface area contributed by atoms with Crippen molar-refractivity contribution < 1.29 is 4.92 Å². The zero-order valence-electron chi connectivity index (χ0n) is 12.5. The van der Waals surface area contributed by atoms with Gasteiger partial charge in [-0.1, -0.05) is 55.5 Å². The molecule has 0 saturated carbocycles. The zero-order valence-corrected chi connectivity index (χ0v) is 12.5. The highest BCUT2D eigenvalue weighted by molar-refractivity contribution is 6.10. The van der Waals surface area contributed by atoms with E-state index in [4.69, 9.17) is 0 Å². The average molecular weight is 291 g/mol. The Morgan fingerprint density at radius 3 is 2.36 bits per heavy atom. The van der Waals surface area contributed by atoms with E-state index < -0.39 is 0 Å². The Balaban J connectivity index is 2.32. The molecular formula is C19H17NO2. The Kier molecular flexibility index (Phi) is 3.88. The van der Waals surface area contributed by atoms with Gasteiger partial charge in [0.15, 0.2) is 0 Å². The van der Waals surface area contributed by atoms with Crippen LogP contribution in [-0.4, -0.2) is 4.92 Å². The summed E-state index contributed by atoms with van der Waals surface area (Å²) in [5, 5.41) is 15.7. The molecule has 0 bridgehead atoms. The highest BCUT2D eigenvalue weighted by Crippen LogP contribution is 2.30. The van der Waals surface area contributed by atoms with Crippen molar-refractivity contribution in [2.45, 2.75) is 19.8 Å². The highest BCUT2D eigenvalue weighted by Gasteiger charge is 2.11. The second-order valence-corrected chi connectivity index (χ2v) is 5.38. The molecule has 0 aliphatic carbocycles. The third-order valence-electron chi connectivity index (χ3n) is 3.86. The van der Waals surface area contributed by atoms with E-state index in [1.54, 1.807) is 6.08 Å². The Hall–Kier alpha value is -2.68. The molecule has 0 heterocycles. The van der Waals surface area contributed by atoms with Crippen LogP contribution in [0.1, 0.15) is 25.3 Å². The van der Waals surface area contributed by atoms with E-state index in [1.807, 2.05) is 49.4 Å². The van der Waals surface area contributed by atoms with Gasteiger partial charge in [0.2, 0.25) is 5.70 Å². The molecule has 0 fully saturated rings. The van der Waals surface area contributed by atoms with Crippen LogP contribution >= 0.6 is 0 Å². The molecule has 3 rings (SSSR count). The number of rotatable bonds is 4. The van der Waals surface area contributed by atoms with Crippen LogP contribution in [0, 0.1) is 10.1 Å². The molecule has 22 heavy (non-hydrogen) atoms. The fraction of sp³-hybridized carbons (Fsp3) is 0.158. The summed E-state index contributed by atoms with van der Waals surface area (Å²) in [7, 11) is 0. The predicted molar refractivity (Wildman–Crippen MR) is 91.3 cm³/mol. The van der Waals surface area contributed by atoms with Crippen molar-refractivity contribution in [3.05, 3.63) is 76.0 Å². The first-order chi connectivity index (χ1) is 10.7. The minimum absolute atomic E-state index is 0.267. The van der Waals surface area contributed by atoms with Crippen molar-refractivity contribution in [2.75, 3.05) is 0 Å². The van der Waals surface area contributed by atoms with Crippen LogP contribution in [0.5, 0.6) is 0 Å². The number of benzene rings is 3. The van der Waals surface area contributed by atoms with Crippen LogP contribution in [0.15, 0.2) is 60.3 Å². The molecule has 0 spiro atoms. The van der Waals surface area contributed by atoms with Gasteiger partial charge in [0.25, 0.3) is 0 Å². The van der Waals surface area contributed by atoms with Crippen LogP contribution in [0.4, 0.5) is 0 Å². The smallest absolute Gasteiger partial charge is 0.246 e. The van der Waals surface area contributed by atoms with E-state index in [-0.39, 0.29) is 10.6 Å². The van der Waals surface area contributed by atoms with Gasteiger partial charge in [-0.05, 0) is 39.6 Å². The van der Waals surface area contributed by atoms with E-state index >= 15 is 0 Å². The Labute approximate surface area is 129 Å². The van der Waals surface area contributed by atoms with Gasteiger partial charge in [-0.3, -0.25) is 10.1 Å². The number of fused-ring (bicyclic) bond motifs is 3. The monoisotopic (exact) mass is 291 g/mol. The molecule has 0 aromatic heterocycles. The quantitative estimate of drug-likeness (QED) is 0.366. The second-order valence-electron chi connectivity index (χ2n) is 5.38.